The van der Waals surface area contributed by atoms with Gasteiger partial charge in [-0.15, -0.1) is 0 Å². The topological polar surface area (TPSA) is 556 Å². The van der Waals surface area contributed by atoms with Gasteiger partial charge in [0.2, 0.25) is 59.1 Å². The van der Waals surface area contributed by atoms with Crippen LogP contribution in [-0.4, -0.2) is 278 Å². The van der Waals surface area contributed by atoms with Gasteiger partial charge in [-0.05, 0) is 95.0 Å². The summed E-state index contributed by atoms with van der Waals surface area (Å²) in [6.45, 7) is 19.8. The molecule has 1 heterocycles. The molecule has 110 heavy (non-hydrogen) atoms. The third-order valence-electron chi connectivity index (χ3n) is 17.0. The first-order chi connectivity index (χ1) is 51.3. The largest absolute Gasteiger partial charge is 0.453 e. The summed E-state index contributed by atoms with van der Waals surface area (Å²) in [7, 11) is 7.17. The maximum Gasteiger partial charge on any atom is 0.408 e. The van der Waals surface area contributed by atoms with Gasteiger partial charge in [0.25, 0.3) is 5.91 Å². The zero-order valence-electron chi connectivity index (χ0n) is 66.8. The molecule has 0 unspecified atom stereocenters. The number of aliphatic hydroxyl groups is 4. The van der Waals surface area contributed by atoms with Gasteiger partial charge in [0.1, 0.15) is 60.0 Å². The number of ether oxygens (including phenoxy) is 3. The molecule has 1 aromatic carbocycles. The van der Waals surface area contributed by atoms with Crippen molar-refractivity contribution in [2.75, 3.05) is 74.2 Å². The van der Waals surface area contributed by atoms with Crippen molar-refractivity contribution in [3.05, 3.63) is 35.9 Å². The second-order valence-electron chi connectivity index (χ2n) is 30.2. The number of alkyl carbamates (subject to hydrolysis) is 1. The van der Waals surface area contributed by atoms with Crippen LogP contribution in [-0.2, 0) is 71.7 Å². The monoisotopic (exact) mass is 1560 g/mol. The molecule has 0 aliphatic carbocycles. The van der Waals surface area contributed by atoms with Crippen molar-refractivity contribution in [3.8, 4) is 0 Å². The number of hydrogen-bond acceptors (Lipinski definition) is 22. The van der Waals surface area contributed by atoms with E-state index in [1.165, 1.54) is 44.2 Å². The summed E-state index contributed by atoms with van der Waals surface area (Å²) in [4.78, 5) is 197. The molecule has 1 saturated heterocycles. The molecule has 0 bridgehead atoms. The Morgan fingerprint density at radius 2 is 1.19 bits per heavy atom. The zero-order valence-corrected chi connectivity index (χ0v) is 66.8. The highest BCUT2D eigenvalue weighted by Gasteiger charge is 2.44. The number of nitrogens with one attached hydrogen (secondary N) is 14. The van der Waals surface area contributed by atoms with Crippen LogP contribution in [0, 0.1) is 35.0 Å². The fraction of sp³-hybridized carbons (Fsp3) is 0.708. The van der Waals surface area contributed by atoms with Crippen molar-refractivity contribution in [2.24, 2.45) is 40.3 Å². The predicted molar refractivity (Wildman–Crippen MR) is 405 cm³/mol. The van der Waals surface area contributed by atoms with E-state index in [9.17, 15) is 68.4 Å². The number of esters is 1. The Morgan fingerprint density at radius 1 is 0.645 bits per heavy atom. The average molecular weight is 1560 g/mol. The van der Waals surface area contributed by atoms with Crippen molar-refractivity contribution in [1.29, 1.82) is 5.41 Å². The summed E-state index contributed by atoms with van der Waals surface area (Å²) in [6.07, 6.45) is -9.53. The summed E-state index contributed by atoms with van der Waals surface area (Å²) in [6, 6.07) is -11.6. The third-order valence-corrected chi connectivity index (χ3v) is 17.0. The number of aliphatic imine (C=N–C) groups is 1. The molecule has 1 fully saturated rings. The first-order valence-corrected chi connectivity index (χ1v) is 37.1. The number of hydrogen-bond donors (Lipinski definition) is 19. The standard InChI is InChI=1S/C72H124N18O20/c1-19-41(10)50-63(101)86-51(42(11)92)62(100)78-35-49(93)84-53(56(95)67(105)75-28-30-108-31-29-77-70(89(15)16)90(17)18)65(103)82-48(36-91)68(106)109-57(43-24-21-20-22-25-43)54(88-61(99)46(33-38(4)5)80-60(98)47(34-39(6)7)83-71(107)110-72(12,13)14)66(104)87-52(55(94)40(8)9)64(102)81-45(32-37(2)3)59(97)79-44(58(96)85-50)26-23-27-76-69(73)74/h20-22,24-25,37-42,44-48,50-57,91-92,94-95H,19,23,26-36H2,1-18H3,(H,75,105)(H,78,100)(H,79,97)(H,80,98)(H,81,102)(H,82,103)(H,83,107)(H,84,93)(H,85,96)(H,86,101)(H,87,104)(H,88,99)(H4,73,74,76)/t41-,42-,44+,45-,46-,47+,48-,50-,51-,52-,53-,54-,55+,56-,57+/m0/s1. The molecule has 12 amide bonds. The second-order valence-corrected chi connectivity index (χ2v) is 30.2. The van der Waals surface area contributed by atoms with E-state index in [0.29, 0.717) is 5.96 Å². The number of carbonyl (C=O) groups excluding carboxylic acids is 13. The molecule has 1 aliphatic rings. The first-order valence-electron chi connectivity index (χ1n) is 37.1. The van der Waals surface area contributed by atoms with E-state index in [1.807, 2.05) is 0 Å². The molecule has 0 saturated carbocycles. The van der Waals surface area contributed by atoms with Crippen molar-refractivity contribution in [1.82, 2.24) is 78.9 Å². The average Bonchev–Trinajstić information content (AvgIpc) is 0.810. The molecular weight excluding hydrogens is 1440 g/mol. The number of benzene rings is 1. The van der Waals surface area contributed by atoms with Gasteiger partial charge in [-0.3, -0.25) is 63.1 Å². The van der Waals surface area contributed by atoms with Crippen LogP contribution in [0.3, 0.4) is 0 Å². The molecule has 0 radical (unpaired) electrons. The molecule has 622 valence electrons. The van der Waals surface area contributed by atoms with Gasteiger partial charge < -0.3 is 119 Å². The van der Waals surface area contributed by atoms with Crippen LogP contribution >= 0.6 is 0 Å². The number of cyclic esters (lactones) is 1. The highest BCUT2D eigenvalue weighted by Crippen LogP contribution is 2.25. The minimum atomic E-state index is -2.57. The van der Waals surface area contributed by atoms with E-state index in [4.69, 9.17) is 25.4 Å². The molecule has 0 aromatic heterocycles. The summed E-state index contributed by atoms with van der Waals surface area (Å²) in [5.41, 5.74) is 4.43. The number of guanidine groups is 2. The lowest BCUT2D eigenvalue weighted by Gasteiger charge is -2.34. The fourth-order valence-electron chi connectivity index (χ4n) is 11.1. The lowest BCUT2D eigenvalue weighted by Crippen LogP contribution is -2.64. The summed E-state index contributed by atoms with van der Waals surface area (Å²) >= 11 is 0. The molecule has 20 N–H and O–H groups in total. The van der Waals surface area contributed by atoms with E-state index >= 15 is 14.4 Å². The predicted octanol–water partition coefficient (Wildman–Crippen LogP) is -3.53. The molecule has 0 spiro atoms. The van der Waals surface area contributed by atoms with Gasteiger partial charge in [0.05, 0.1) is 45.1 Å². The van der Waals surface area contributed by atoms with Crippen LogP contribution in [0.25, 0.3) is 0 Å². The third kappa shape index (κ3) is 34.2. The maximum atomic E-state index is 15.7. The smallest absolute Gasteiger partial charge is 0.408 e. The molecule has 2 rings (SSSR count). The molecule has 38 heteroatoms. The Hall–Kier alpha value is -9.53. The number of nitrogens with two attached hydrogens (primary N) is 1. The lowest BCUT2D eigenvalue weighted by molar-refractivity contribution is -0.159. The SMILES string of the molecule is CC[C@H](C)[C@@H]1NC(=O)[C@@H](CCCNC(=N)N)NC(=O)[C@H](CC(C)C)NC(=O)[C@H]([C@H](O)C(C)C)NC(=O)[C@@H](NC(=O)[C@H](CC(C)C)NC(=O)[C@@H](CC(C)C)NC(=O)OC(C)(C)C)[C@@H](c2ccccc2)OC(=O)[C@H](CO)NC(=O)[C@H]([C@H](O)C(=O)NCCOCCN=C(N(C)C)N(C)C)NC(=O)CNC(=O)[C@H]([C@H](C)O)NC1=O. The van der Waals surface area contributed by atoms with Gasteiger partial charge in [-0.2, -0.15) is 0 Å². The van der Waals surface area contributed by atoms with Crippen LogP contribution in [0.1, 0.15) is 147 Å². The highest BCUT2D eigenvalue weighted by atomic mass is 16.6. The van der Waals surface area contributed by atoms with E-state index in [1.54, 1.807) is 114 Å². The number of nitrogens with zero attached hydrogens (tertiary/aromatic N) is 3. The Morgan fingerprint density at radius 3 is 1.73 bits per heavy atom. The fourth-order valence-corrected chi connectivity index (χ4v) is 11.1. The first kappa shape index (κ1) is 96.5. The number of carbonyl (C=O) groups is 13. The van der Waals surface area contributed by atoms with Crippen LogP contribution in [0.15, 0.2) is 35.3 Å². The minimum absolute atomic E-state index is 0.00597. The second kappa shape index (κ2) is 47.5. The van der Waals surface area contributed by atoms with Gasteiger partial charge in [-0.25, -0.2) is 9.59 Å². The zero-order chi connectivity index (χ0) is 83.6. The Bertz CT molecular complexity index is 3230. The van der Waals surface area contributed by atoms with E-state index < -0.39 is 210 Å². The van der Waals surface area contributed by atoms with Crippen LogP contribution in [0.4, 0.5) is 4.79 Å². The Kier molecular flexibility index (Phi) is 41.7. The molecule has 38 nitrogen and oxygen atoms in total. The summed E-state index contributed by atoms with van der Waals surface area (Å²) in [5.74, 6) is -17.2. The molecule has 1 aromatic rings. The van der Waals surface area contributed by atoms with Crippen molar-refractivity contribution < 1.29 is 97.0 Å². The highest BCUT2D eigenvalue weighted by molar-refractivity contribution is 6.00. The maximum absolute atomic E-state index is 15.7. The summed E-state index contributed by atoms with van der Waals surface area (Å²) in [5, 5.41) is 85.4. The van der Waals surface area contributed by atoms with Gasteiger partial charge in [0.15, 0.2) is 30.2 Å². The van der Waals surface area contributed by atoms with Crippen molar-refractivity contribution in [2.45, 2.75) is 226 Å². The quantitative estimate of drug-likeness (QED) is 0.0154. The van der Waals surface area contributed by atoms with Gasteiger partial charge >= 0.3 is 12.1 Å². The van der Waals surface area contributed by atoms with Crippen molar-refractivity contribution in [3.63, 3.8) is 0 Å². The number of rotatable bonds is 30. The van der Waals surface area contributed by atoms with Crippen LogP contribution in [0.2, 0.25) is 0 Å². The van der Waals surface area contributed by atoms with Gasteiger partial charge in [-0.1, -0.05) is 106 Å². The Balaban J connectivity index is 3.19. The van der Waals surface area contributed by atoms with Crippen LogP contribution < -0.4 is 74.9 Å². The summed E-state index contributed by atoms with van der Waals surface area (Å²) < 4.78 is 17.1. The Labute approximate surface area is 644 Å². The van der Waals surface area contributed by atoms with Crippen molar-refractivity contribution >= 4 is 89.0 Å². The normalized spacial score (nSPS) is 22.3. The van der Waals surface area contributed by atoms with Crippen LogP contribution in [0.5, 0.6) is 0 Å². The molecule has 15 atom stereocenters. The molecular formula is C72H124N18O20. The van der Waals surface area contributed by atoms with E-state index in [2.05, 4.69) is 74.1 Å². The van der Waals surface area contributed by atoms with E-state index in [-0.39, 0.29) is 82.9 Å². The number of aliphatic hydroxyl groups excluding tert-OH is 4. The molecule has 1 aliphatic heterocycles. The number of amides is 12. The van der Waals surface area contributed by atoms with E-state index in [0.717, 1.165) is 6.92 Å². The lowest BCUT2D eigenvalue weighted by atomic mass is 9.95. The van der Waals surface area contributed by atoms with Gasteiger partial charge in [0, 0.05) is 41.3 Å². The minimum Gasteiger partial charge on any atom is -0.453 e.